The van der Waals surface area contributed by atoms with E-state index in [4.69, 9.17) is 0 Å². The van der Waals surface area contributed by atoms with E-state index in [1.165, 1.54) is 4.31 Å². The number of nitrogens with zero attached hydrogens (tertiary/aromatic N) is 2. The summed E-state index contributed by atoms with van der Waals surface area (Å²) in [4.78, 5) is 28.6. The molecule has 33 heavy (non-hydrogen) atoms. The number of alkyl halides is 3. The van der Waals surface area contributed by atoms with Gasteiger partial charge in [-0.25, -0.2) is 13.4 Å². The van der Waals surface area contributed by atoms with Crippen LogP contribution in [0.2, 0.25) is 0 Å². The van der Waals surface area contributed by atoms with E-state index in [-0.39, 0.29) is 29.5 Å². The second kappa shape index (κ2) is 9.87. The highest BCUT2D eigenvalue weighted by molar-refractivity contribution is 7.89. The number of piperidine rings is 1. The molecule has 1 aliphatic heterocycles. The van der Waals surface area contributed by atoms with Crippen molar-refractivity contribution >= 4 is 27.7 Å². The molecule has 2 heterocycles. The molecule has 3 rings (SSSR count). The molecule has 2 aromatic rings. The molecule has 2 amide bonds. The van der Waals surface area contributed by atoms with Gasteiger partial charge >= 0.3 is 6.18 Å². The van der Waals surface area contributed by atoms with Gasteiger partial charge in [-0.05, 0) is 56.2 Å². The SMILES string of the molecule is Cc1cccc(NC(=O)C2CCCN(S(=O)(=O)c3ccc(C(=O)NCC(F)(F)F)cc3)C2)n1. The first kappa shape index (κ1) is 24.6. The molecule has 1 aromatic carbocycles. The molecule has 0 spiro atoms. The van der Waals surface area contributed by atoms with Crippen molar-refractivity contribution in [2.45, 2.75) is 30.8 Å². The largest absolute Gasteiger partial charge is 0.405 e. The minimum absolute atomic E-state index is 0.0200. The molecule has 8 nitrogen and oxygen atoms in total. The van der Waals surface area contributed by atoms with Crippen LogP contribution in [0, 0.1) is 12.8 Å². The number of halogens is 3. The molecule has 1 atom stereocenters. The Bertz CT molecular complexity index is 1120. The van der Waals surface area contributed by atoms with Crippen molar-refractivity contribution in [3.63, 3.8) is 0 Å². The number of benzene rings is 1. The van der Waals surface area contributed by atoms with Crippen molar-refractivity contribution in [2.75, 3.05) is 25.0 Å². The van der Waals surface area contributed by atoms with Crippen LogP contribution in [0.15, 0.2) is 47.4 Å². The highest BCUT2D eigenvalue weighted by atomic mass is 32.2. The molecular formula is C21H23F3N4O4S. The number of rotatable bonds is 6. The molecular weight excluding hydrogens is 461 g/mol. The standard InChI is InChI=1S/C21H23F3N4O4S/c1-14-4-2-6-18(26-14)27-20(30)16-5-3-11-28(12-16)33(31,32)17-9-7-15(8-10-17)19(29)25-13-21(22,23)24/h2,4,6-10,16H,3,5,11-13H2,1H3,(H,25,29)(H,26,27,30). The Hall–Kier alpha value is -2.99. The van der Waals surface area contributed by atoms with E-state index in [2.05, 4.69) is 10.3 Å². The molecule has 1 aromatic heterocycles. The first-order valence-electron chi connectivity index (χ1n) is 10.2. The second-order valence-corrected chi connectivity index (χ2v) is 9.62. The van der Waals surface area contributed by atoms with Crippen LogP contribution in [0.4, 0.5) is 19.0 Å². The molecule has 0 bridgehead atoms. The lowest BCUT2D eigenvalue weighted by Gasteiger charge is -2.31. The molecule has 1 saturated heterocycles. The summed E-state index contributed by atoms with van der Waals surface area (Å²) in [6.45, 7) is 0.507. The summed E-state index contributed by atoms with van der Waals surface area (Å²) < 4.78 is 64.0. The third-order valence-corrected chi connectivity index (χ3v) is 6.98. The summed E-state index contributed by atoms with van der Waals surface area (Å²) in [6, 6.07) is 9.82. The summed E-state index contributed by atoms with van der Waals surface area (Å²) in [5.41, 5.74) is 0.635. The van der Waals surface area contributed by atoms with Gasteiger partial charge < -0.3 is 10.6 Å². The summed E-state index contributed by atoms with van der Waals surface area (Å²) in [5, 5.41) is 4.44. The molecule has 1 fully saturated rings. The van der Waals surface area contributed by atoms with Crippen LogP contribution in [0.5, 0.6) is 0 Å². The lowest BCUT2D eigenvalue weighted by atomic mass is 9.99. The van der Waals surface area contributed by atoms with E-state index in [0.29, 0.717) is 18.7 Å². The number of amides is 2. The quantitative estimate of drug-likeness (QED) is 0.656. The summed E-state index contributed by atoms with van der Waals surface area (Å²) in [7, 11) is -3.96. The zero-order chi connectivity index (χ0) is 24.2. The smallest absolute Gasteiger partial charge is 0.343 e. The zero-order valence-corrected chi connectivity index (χ0v) is 18.5. The van der Waals surface area contributed by atoms with Crippen molar-refractivity contribution < 1.29 is 31.2 Å². The third-order valence-electron chi connectivity index (χ3n) is 5.10. The van der Waals surface area contributed by atoms with Gasteiger partial charge in [0, 0.05) is 24.3 Å². The second-order valence-electron chi connectivity index (χ2n) is 7.68. The maximum absolute atomic E-state index is 13.0. The van der Waals surface area contributed by atoms with Crippen LogP contribution >= 0.6 is 0 Å². The van der Waals surface area contributed by atoms with Gasteiger partial charge in [0.1, 0.15) is 12.4 Å². The topological polar surface area (TPSA) is 108 Å². The van der Waals surface area contributed by atoms with Gasteiger partial charge in [0.2, 0.25) is 15.9 Å². The van der Waals surface area contributed by atoms with E-state index in [9.17, 15) is 31.2 Å². The number of hydrogen-bond acceptors (Lipinski definition) is 5. The van der Waals surface area contributed by atoms with Crippen molar-refractivity contribution in [3.05, 3.63) is 53.7 Å². The van der Waals surface area contributed by atoms with Gasteiger partial charge in [0.15, 0.2) is 0 Å². The zero-order valence-electron chi connectivity index (χ0n) is 17.7. The number of sulfonamides is 1. The molecule has 12 heteroatoms. The predicted molar refractivity (Wildman–Crippen MR) is 114 cm³/mol. The lowest BCUT2D eigenvalue weighted by molar-refractivity contribution is -0.123. The number of aromatic nitrogens is 1. The first-order valence-corrected chi connectivity index (χ1v) is 11.6. The Labute approximate surface area is 189 Å². The minimum atomic E-state index is -4.55. The van der Waals surface area contributed by atoms with E-state index in [1.54, 1.807) is 30.4 Å². The number of anilines is 1. The first-order chi connectivity index (χ1) is 15.5. The van der Waals surface area contributed by atoms with Crippen LogP contribution < -0.4 is 10.6 Å². The van der Waals surface area contributed by atoms with Crippen molar-refractivity contribution in [2.24, 2.45) is 5.92 Å². The number of carbonyl (C=O) groups is 2. The average molecular weight is 485 g/mol. The minimum Gasteiger partial charge on any atom is -0.343 e. The van der Waals surface area contributed by atoms with Crippen LogP contribution in [0.1, 0.15) is 28.9 Å². The molecule has 0 radical (unpaired) electrons. The molecule has 2 N–H and O–H groups in total. The van der Waals surface area contributed by atoms with Crippen LogP contribution in [0.3, 0.4) is 0 Å². The molecule has 1 unspecified atom stereocenters. The van der Waals surface area contributed by atoms with E-state index < -0.39 is 34.6 Å². The number of aryl methyl sites for hydroxylation is 1. The lowest BCUT2D eigenvalue weighted by Crippen LogP contribution is -2.43. The van der Waals surface area contributed by atoms with E-state index in [0.717, 1.165) is 30.0 Å². The molecule has 1 aliphatic rings. The summed E-state index contributed by atoms with van der Waals surface area (Å²) >= 11 is 0. The van der Waals surface area contributed by atoms with Crippen molar-refractivity contribution in [3.8, 4) is 0 Å². The molecule has 178 valence electrons. The molecule has 0 saturated carbocycles. The normalized spacial score (nSPS) is 17.4. The highest BCUT2D eigenvalue weighted by Crippen LogP contribution is 2.25. The molecule has 0 aliphatic carbocycles. The fourth-order valence-corrected chi connectivity index (χ4v) is 4.95. The number of carbonyl (C=O) groups excluding carboxylic acids is 2. The highest BCUT2D eigenvalue weighted by Gasteiger charge is 2.33. The Morgan fingerprint density at radius 2 is 1.85 bits per heavy atom. The van der Waals surface area contributed by atoms with Crippen molar-refractivity contribution in [1.82, 2.24) is 14.6 Å². The van der Waals surface area contributed by atoms with Gasteiger partial charge in [-0.1, -0.05) is 6.07 Å². The number of pyridine rings is 1. The Balaban J connectivity index is 1.66. The Morgan fingerprint density at radius 3 is 2.48 bits per heavy atom. The van der Waals surface area contributed by atoms with E-state index in [1.807, 2.05) is 0 Å². The Kier molecular flexibility index (Phi) is 7.38. The van der Waals surface area contributed by atoms with Gasteiger partial charge in [-0.15, -0.1) is 0 Å². The summed E-state index contributed by atoms with van der Waals surface area (Å²) in [5.74, 6) is -1.47. The average Bonchev–Trinajstić information content (AvgIpc) is 2.77. The van der Waals surface area contributed by atoms with Gasteiger partial charge in [-0.2, -0.15) is 17.5 Å². The Morgan fingerprint density at radius 1 is 1.15 bits per heavy atom. The van der Waals surface area contributed by atoms with Gasteiger partial charge in [-0.3, -0.25) is 9.59 Å². The predicted octanol–water partition coefficient (Wildman–Crippen LogP) is 2.72. The van der Waals surface area contributed by atoms with Gasteiger partial charge in [0.25, 0.3) is 5.91 Å². The van der Waals surface area contributed by atoms with Crippen LogP contribution in [-0.4, -0.2) is 55.3 Å². The van der Waals surface area contributed by atoms with Crippen molar-refractivity contribution in [1.29, 1.82) is 0 Å². The fraction of sp³-hybridized carbons (Fsp3) is 0.381. The van der Waals surface area contributed by atoms with Crippen LogP contribution in [-0.2, 0) is 14.8 Å². The monoisotopic (exact) mass is 484 g/mol. The fourth-order valence-electron chi connectivity index (χ4n) is 3.43. The van der Waals surface area contributed by atoms with Gasteiger partial charge in [0.05, 0.1) is 10.8 Å². The third kappa shape index (κ3) is 6.51. The maximum Gasteiger partial charge on any atom is 0.405 e. The maximum atomic E-state index is 13.0. The van der Waals surface area contributed by atoms with Crippen LogP contribution in [0.25, 0.3) is 0 Å². The number of hydrogen-bond donors (Lipinski definition) is 2. The van der Waals surface area contributed by atoms with E-state index >= 15 is 0 Å². The number of nitrogens with one attached hydrogen (secondary N) is 2. The summed E-state index contributed by atoms with van der Waals surface area (Å²) in [6.07, 6.45) is -3.55.